The molecule has 118 valence electrons. The lowest BCUT2D eigenvalue weighted by Crippen LogP contribution is -2.48. The van der Waals surface area contributed by atoms with Crippen molar-refractivity contribution in [1.29, 1.82) is 0 Å². The van der Waals surface area contributed by atoms with Gasteiger partial charge in [-0.2, -0.15) is 0 Å². The maximum atomic E-state index is 12.6. The maximum Gasteiger partial charge on any atom is 0.417 e. The van der Waals surface area contributed by atoms with E-state index >= 15 is 0 Å². The lowest BCUT2D eigenvalue weighted by atomic mass is 9.96. The third-order valence-corrected chi connectivity index (χ3v) is 3.61. The Morgan fingerprint density at radius 3 is 2.52 bits per heavy atom. The molecule has 0 saturated carbocycles. The Kier molecular flexibility index (Phi) is 3.97. The SMILES string of the molecule is COC(=O)C1C[C@@]2(CCCO2)C(=O)N1C(=O)OC(C)(C)C. The molecule has 7 nitrogen and oxygen atoms in total. The summed E-state index contributed by atoms with van der Waals surface area (Å²) < 4.78 is 15.5. The highest BCUT2D eigenvalue weighted by molar-refractivity contribution is 6.04. The second-order valence-corrected chi connectivity index (χ2v) is 6.34. The van der Waals surface area contributed by atoms with Crippen LogP contribution in [0.2, 0.25) is 0 Å². The first-order valence-electron chi connectivity index (χ1n) is 6.99. The van der Waals surface area contributed by atoms with Gasteiger partial charge < -0.3 is 14.2 Å². The number of ether oxygens (including phenoxy) is 3. The van der Waals surface area contributed by atoms with E-state index in [2.05, 4.69) is 0 Å². The molecule has 0 N–H and O–H groups in total. The predicted molar refractivity (Wildman–Crippen MR) is 71.4 cm³/mol. The molecule has 21 heavy (non-hydrogen) atoms. The molecule has 2 aliphatic heterocycles. The fourth-order valence-corrected chi connectivity index (χ4v) is 2.73. The highest BCUT2D eigenvalue weighted by Crippen LogP contribution is 2.40. The molecule has 1 unspecified atom stereocenters. The van der Waals surface area contributed by atoms with Crippen molar-refractivity contribution < 1.29 is 28.6 Å². The van der Waals surface area contributed by atoms with Crippen LogP contribution >= 0.6 is 0 Å². The molecule has 2 saturated heterocycles. The van der Waals surface area contributed by atoms with Crippen LogP contribution in [-0.4, -0.2) is 53.8 Å². The highest BCUT2D eigenvalue weighted by atomic mass is 16.6. The van der Waals surface area contributed by atoms with E-state index in [1.54, 1.807) is 20.8 Å². The molecular weight excluding hydrogens is 278 g/mol. The Morgan fingerprint density at radius 2 is 2.05 bits per heavy atom. The van der Waals surface area contributed by atoms with Crippen LogP contribution in [0.4, 0.5) is 4.79 Å². The van der Waals surface area contributed by atoms with Crippen LogP contribution in [0.3, 0.4) is 0 Å². The zero-order chi connectivity index (χ0) is 15.8. The van der Waals surface area contributed by atoms with E-state index in [0.29, 0.717) is 13.0 Å². The minimum absolute atomic E-state index is 0.123. The molecule has 2 rings (SSSR count). The van der Waals surface area contributed by atoms with Gasteiger partial charge in [-0.05, 0) is 33.6 Å². The summed E-state index contributed by atoms with van der Waals surface area (Å²) in [5.74, 6) is -1.15. The summed E-state index contributed by atoms with van der Waals surface area (Å²) in [6.45, 7) is 5.53. The largest absolute Gasteiger partial charge is 0.467 e. The summed E-state index contributed by atoms with van der Waals surface area (Å²) in [4.78, 5) is 37.6. The molecule has 0 bridgehead atoms. The van der Waals surface area contributed by atoms with Crippen molar-refractivity contribution in [1.82, 2.24) is 4.90 Å². The lowest BCUT2D eigenvalue weighted by molar-refractivity contribution is -0.150. The van der Waals surface area contributed by atoms with Crippen molar-refractivity contribution in [2.45, 2.75) is 57.3 Å². The van der Waals surface area contributed by atoms with Crippen LogP contribution in [0.15, 0.2) is 0 Å². The van der Waals surface area contributed by atoms with Crippen molar-refractivity contribution in [2.75, 3.05) is 13.7 Å². The number of hydrogen-bond acceptors (Lipinski definition) is 6. The van der Waals surface area contributed by atoms with E-state index in [1.165, 1.54) is 7.11 Å². The van der Waals surface area contributed by atoms with E-state index in [4.69, 9.17) is 14.2 Å². The first kappa shape index (κ1) is 15.8. The van der Waals surface area contributed by atoms with E-state index in [1.807, 2.05) is 0 Å². The number of imide groups is 1. The molecule has 2 amide bonds. The van der Waals surface area contributed by atoms with Crippen LogP contribution < -0.4 is 0 Å². The second-order valence-electron chi connectivity index (χ2n) is 6.34. The Labute approximate surface area is 123 Å². The molecule has 7 heteroatoms. The molecule has 1 spiro atoms. The molecule has 0 aromatic rings. The fourth-order valence-electron chi connectivity index (χ4n) is 2.73. The van der Waals surface area contributed by atoms with E-state index in [-0.39, 0.29) is 6.42 Å². The normalized spacial score (nSPS) is 29.0. The van der Waals surface area contributed by atoms with Crippen molar-refractivity contribution in [3.63, 3.8) is 0 Å². The zero-order valence-corrected chi connectivity index (χ0v) is 12.8. The number of methoxy groups -OCH3 is 1. The molecule has 2 atom stereocenters. The van der Waals surface area contributed by atoms with Gasteiger partial charge in [-0.15, -0.1) is 0 Å². The number of amides is 2. The Morgan fingerprint density at radius 1 is 1.38 bits per heavy atom. The molecule has 0 aromatic heterocycles. The molecule has 2 fully saturated rings. The summed E-state index contributed by atoms with van der Waals surface area (Å²) >= 11 is 0. The van der Waals surface area contributed by atoms with Gasteiger partial charge in [-0.25, -0.2) is 14.5 Å². The van der Waals surface area contributed by atoms with Gasteiger partial charge in [0.05, 0.1) is 7.11 Å². The van der Waals surface area contributed by atoms with Crippen molar-refractivity contribution >= 4 is 18.0 Å². The fraction of sp³-hybridized carbons (Fsp3) is 0.786. The summed E-state index contributed by atoms with van der Waals surface area (Å²) in [6, 6.07) is -0.990. The standard InChI is InChI=1S/C14H21NO6/c1-13(2,3)21-12(18)15-9(10(16)19-4)8-14(11(15)17)6-5-7-20-14/h9H,5-8H2,1-4H3/t9?,14-/m0/s1. The number of esters is 1. The van der Waals surface area contributed by atoms with E-state index in [9.17, 15) is 14.4 Å². The highest BCUT2D eigenvalue weighted by Gasteiger charge is 2.59. The molecule has 0 aromatic carbocycles. The molecule has 0 aliphatic carbocycles. The number of nitrogens with zero attached hydrogens (tertiary/aromatic N) is 1. The van der Waals surface area contributed by atoms with E-state index < -0.39 is 35.2 Å². The number of carbonyl (C=O) groups is 3. The summed E-state index contributed by atoms with van der Waals surface area (Å²) in [5.41, 5.74) is -1.85. The van der Waals surface area contributed by atoms with Crippen molar-refractivity contribution in [2.24, 2.45) is 0 Å². The average Bonchev–Trinajstić information content (AvgIpc) is 2.94. The van der Waals surface area contributed by atoms with Gasteiger partial charge in [0.2, 0.25) is 0 Å². The molecular formula is C14H21NO6. The van der Waals surface area contributed by atoms with Crippen molar-refractivity contribution in [3.05, 3.63) is 0 Å². The van der Waals surface area contributed by atoms with Gasteiger partial charge in [0.1, 0.15) is 17.2 Å². The van der Waals surface area contributed by atoms with E-state index in [0.717, 1.165) is 11.3 Å². The summed E-state index contributed by atoms with van der Waals surface area (Å²) in [7, 11) is 1.22. The first-order chi connectivity index (χ1) is 9.70. The summed E-state index contributed by atoms with van der Waals surface area (Å²) in [6.07, 6.45) is 0.508. The molecule has 2 heterocycles. The number of rotatable bonds is 1. The van der Waals surface area contributed by atoms with Gasteiger partial charge in [0.25, 0.3) is 5.91 Å². The summed E-state index contributed by atoms with van der Waals surface area (Å²) in [5, 5.41) is 0. The Hall–Kier alpha value is -1.63. The molecule has 0 radical (unpaired) electrons. The quantitative estimate of drug-likeness (QED) is 0.678. The first-order valence-corrected chi connectivity index (χ1v) is 6.99. The van der Waals surface area contributed by atoms with Crippen LogP contribution in [0.1, 0.15) is 40.0 Å². The van der Waals surface area contributed by atoms with Crippen LogP contribution in [0, 0.1) is 0 Å². The van der Waals surface area contributed by atoms with Gasteiger partial charge in [-0.1, -0.05) is 0 Å². The monoisotopic (exact) mass is 299 g/mol. The van der Waals surface area contributed by atoms with Gasteiger partial charge >= 0.3 is 12.1 Å². The third-order valence-electron chi connectivity index (χ3n) is 3.61. The lowest BCUT2D eigenvalue weighted by Gasteiger charge is -2.26. The van der Waals surface area contributed by atoms with Gasteiger partial charge in [0.15, 0.2) is 0 Å². The Balaban J connectivity index is 2.28. The number of likely N-dealkylation sites (tertiary alicyclic amines) is 1. The Bertz CT molecular complexity index is 461. The zero-order valence-electron chi connectivity index (χ0n) is 12.8. The minimum Gasteiger partial charge on any atom is -0.467 e. The minimum atomic E-state index is -1.09. The molecule has 2 aliphatic rings. The third kappa shape index (κ3) is 2.88. The van der Waals surface area contributed by atoms with Crippen LogP contribution in [-0.2, 0) is 23.8 Å². The maximum absolute atomic E-state index is 12.6. The van der Waals surface area contributed by atoms with Gasteiger partial charge in [-0.3, -0.25) is 4.79 Å². The smallest absolute Gasteiger partial charge is 0.417 e. The van der Waals surface area contributed by atoms with Crippen molar-refractivity contribution in [3.8, 4) is 0 Å². The number of carbonyl (C=O) groups excluding carboxylic acids is 3. The topological polar surface area (TPSA) is 82.1 Å². The van der Waals surface area contributed by atoms with Crippen LogP contribution in [0.25, 0.3) is 0 Å². The number of hydrogen-bond donors (Lipinski definition) is 0. The average molecular weight is 299 g/mol. The second kappa shape index (κ2) is 5.29. The van der Waals surface area contributed by atoms with Crippen LogP contribution in [0.5, 0.6) is 0 Å². The van der Waals surface area contributed by atoms with Gasteiger partial charge in [0, 0.05) is 13.0 Å². The predicted octanol–water partition coefficient (Wildman–Crippen LogP) is 1.24.